The molecule has 5 nitrogen and oxygen atoms in total. The third-order valence-corrected chi connectivity index (χ3v) is 4.99. The normalized spacial score (nSPS) is 19.2. The Hall–Kier alpha value is -2.17. The van der Waals surface area contributed by atoms with Gasteiger partial charge in [0.1, 0.15) is 12.2 Å². The van der Waals surface area contributed by atoms with Gasteiger partial charge in [0.2, 0.25) is 5.91 Å². The Labute approximate surface area is 143 Å². The van der Waals surface area contributed by atoms with E-state index in [-0.39, 0.29) is 11.8 Å². The fraction of sp³-hybridized carbons (Fsp3) is 0.526. The van der Waals surface area contributed by atoms with E-state index in [1.54, 1.807) is 6.33 Å². The zero-order valence-corrected chi connectivity index (χ0v) is 14.6. The summed E-state index contributed by atoms with van der Waals surface area (Å²) in [5.41, 5.74) is 1.11. The lowest BCUT2D eigenvalue weighted by Gasteiger charge is -2.34. The molecule has 3 rings (SSSR count). The van der Waals surface area contributed by atoms with Crippen molar-refractivity contribution in [3.05, 3.63) is 48.0 Å². The van der Waals surface area contributed by atoms with Crippen molar-refractivity contribution in [1.29, 1.82) is 0 Å². The predicted molar refractivity (Wildman–Crippen MR) is 93.7 cm³/mol. The van der Waals surface area contributed by atoms with Gasteiger partial charge in [-0.2, -0.15) is 0 Å². The van der Waals surface area contributed by atoms with E-state index < -0.39 is 0 Å². The molecule has 0 unspecified atom stereocenters. The molecule has 1 fully saturated rings. The van der Waals surface area contributed by atoms with Crippen LogP contribution < -0.4 is 0 Å². The quantitative estimate of drug-likeness (QED) is 0.848. The maximum absolute atomic E-state index is 13.1. The molecule has 1 amide bonds. The van der Waals surface area contributed by atoms with Crippen molar-refractivity contribution in [2.45, 2.75) is 51.5 Å². The van der Waals surface area contributed by atoms with Crippen LogP contribution in [0, 0.1) is 0 Å². The van der Waals surface area contributed by atoms with Gasteiger partial charge in [0.25, 0.3) is 0 Å². The minimum absolute atomic E-state index is 0.0472. The van der Waals surface area contributed by atoms with Gasteiger partial charge in [-0.3, -0.25) is 4.79 Å². The lowest BCUT2D eigenvalue weighted by atomic mass is 9.91. The summed E-state index contributed by atoms with van der Waals surface area (Å²) >= 11 is 0. The number of aryl methyl sites for hydroxylation is 1. The van der Waals surface area contributed by atoms with E-state index >= 15 is 0 Å². The van der Waals surface area contributed by atoms with Crippen LogP contribution in [0.3, 0.4) is 0 Å². The van der Waals surface area contributed by atoms with E-state index in [9.17, 15) is 4.79 Å². The summed E-state index contributed by atoms with van der Waals surface area (Å²) in [6.07, 6.45) is 4.72. The summed E-state index contributed by atoms with van der Waals surface area (Å²) in [6.45, 7) is 6.65. The SMILES string of the molecule is CC[C@@H](C(=O)N1CCC[C@H](c2nncn2CC)C1)c1ccccc1. The first-order valence-electron chi connectivity index (χ1n) is 8.96. The molecule has 1 aromatic carbocycles. The summed E-state index contributed by atoms with van der Waals surface area (Å²) in [5, 5.41) is 8.35. The molecule has 0 spiro atoms. The Morgan fingerprint density at radius 2 is 2.08 bits per heavy atom. The van der Waals surface area contributed by atoms with Crippen LogP contribution >= 0.6 is 0 Å². The highest BCUT2D eigenvalue weighted by molar-refractivity contribution is 5.83. The molecule has 24 heavy (non-hydrogen) atoms. The zero-order chi connectivity index (χ0) is 16.9. The molecular formula is C19H26N4O. The number of likely N-dealkylation sites (tertiary alicyclic amines) is 1. The van der Waals surface area contributed by atoms with Gasteiger partial charge in [0.05, 0.1) is 5.92 Å². The highest BCUT2D eigenvalue weighted by Crippen LogP contribution is 2.29. The first-order chi connectivity index (χ1) is 11.7. The van der Waals surface area contributed by atoms with Gasteiger partial charge in [-0.05, 0) is 31.7 Å². The van der Waals surface area contributed by atoms with Crippen LogP contribution in [-0.2, 0) is 11.3 Å². The van der Waals surface area contributed by atoms with Crippen LogP contribution in [0.25, 0.3) is 0 Å². The maximum Gasteiger partial charge on any atom is 0.230 e. The van der Waals surface area contributed by atoms with E-state index in [2.05, 4.69) is 40.7 Å². The van der Waals surface area contributed by atoms with Crippen LogP contribution in [0.15, 0.2) is 36.7 Å². The monoisotopic (exact) mass is 326 g/mol. The maximum atomic E-state index is 13.1. The minimum atomic E-state index is -0.0472. The number of benzene rings is 1. The Bertz CT molecular complexity index is 667. The molecule has 0 N–H and O–H groups in total. The van der Waals surface area contributed by atoms with Crippen molar-refractivity contribution in [3.8, 4) is 0 Å². The average Bonchev–Trinajstić information content (AvgIpc) is 3.12. The molecule has 0 aliphatic carbocycles. The summed E-state index contributed by atoms with van der Waals surface area (Å²) in [6, 6.07) is 10.1. The standard InChI is InChI=1S/C19H26N4O/c1-3-17(15-9-6-5-7-10-15)19(24)23-12-8-11-16(13-23)18-21-20-14-22(18)4-2/h5-7,9-10,14,16-17H,3-4,8,11-13H2,1-2H3/t16-,17+/m0/s1. The second-order valence-corrected chi connectivity index (χ2v) is 6.47. The number of carbonyl (C=O) groups is 1. The van der Waals surface area contributed by atoms with Crippen molar-refractivity contribution in [3.63, 3.8) is 0 Å². The van der Waals surface area contributed by atoms with Crippen LogP contribution in [0.4, 0.5) is 0 Å². The molecule has 2 aromatic rings. The van der Waals surface area contributed by atoms with Crippen LogP contribution in [0.5, 0.6) is 0 Å². The highest BCUT2D eigenvalue weighted by atomic mass is 16.2. The molecule has 1 saturated heterocycles. The van der Waals surface area contributed by atoms with Crippen molar-refractivity contribution >= 4 is 5.91 Å². The molecule has 2 atom stereocenters. The largest absolute Gasteiger partial charge is 0.341 e. The fourth-order valence-electron chi connectivity index (χ4n) is 3.67. The highest BCUT2D eigenvalue weighted by Gasteiger charge is 2.31. The second kappa shape index (κ2) is 7.60. The molecule has 1 aliphatic rings. The lowest BCUT2D eigenvalue weighted by molar-refractivity contribution is -0.134. The summed E-state index contributed by atoms with van der Waals surface area (Å²) in [4.78, 5) is 15.1. The van der Waals surface area contributed by atoms with Gasteiger partial charge in [-0.15, -0.1) is 10.2 Å². The Morgan fingerprint density at radius 1 is 1.29 bits per heavy atom. The summed E-state index contributed by atoms with van der Waals surface area (Å²) < 4.78 is 2.09. The van der Waals surface area contributed by atoms with Gasteiger partial charge >= 0.3 is 0 Å². The van der Waals surface area contributed by atoms with E-state index in [4.69, 9.17) is 0 Å². The minimum Gasteiger partial charge on any atom is -0.341 e. The molecule has 128 valence electrons. The van der Waals surface area contributed by atoms with Gasteiger partial charge in [-0.1, -0.05) is 37.3 Å². The molecular weight excluding hydrogens is 300 g/mol. The van der Waals surface area contributed by atoms with Gasteiger partial charge in [0, 0.05) is 25.6 Å². The first-order valence-corrected chi connectivity index (χ1v) is 8.96. The van der Waals surface area contributed by atoms with Crippen LogP contribution in [0.1, 0.15) is 56.3 Å². The van der Waals surface area contributed by atoms with Crippen molar-refractivity contribution in [1.82, 2.24) is 19.7 Å². The van der Waals surface area contributed by atoms with E-state index in [1.807, 2.05) is 23.1 Å². The predicted octanol–water partition coefficient (Wildman–Crippen LogP) is 3.20. The molecule has 2 heterocycles. The van der Waals surface area contributed by atoms with Crippen LogP contribution in [0.2, 0.25) is 0 Å². The molecule has 5 heteroatoms. The van der Waals surface area contributed by atoms with Crippen molar-refractivity contribution in [2.75, 3.05) is 13.1 Å². The molecule has 0 saturated carbocycles. The fourth-order valence-corrected chi connectivity index (χ4v) is 3.67. The topological polar surface area (TPSA) is 51.0 Å². The van der Waals surface area contributed by atoms with E-state index in [1.165, 1.54) is 0 Å². The average molecular weight is 326 g/mol. The third kappa shape index (κ3) is 3.35. The number of hydrogen-bond donors (Lipinski definition) is 0. The molecule has 1 aliphatic heterocycles. The van der Waals surface area contributed by atoms with E-state index in [0.29, 0.717) is 5.92 Å². The van der Waals surface area contributed by atoms with Crippen molar-refractivity contribution < 1.29 is 4.79 Å². The zero-order valence-electron chi connectivity index (χ0n) is 14.6. The number of hydrogen-bond acceptors (Lipinski definition) is 3. The second-order valence-electron chi connectivity index (χ2n) is 6.47. The third-order valence-electron chi connectivity index (χ3n) is 4.99. The van der Waals surface area contributed by atoms with Gasteiger partial charge in [0.15, 0.2) is 0 Å². The lowest BCUT2D eigenvalue weighted by Crippen LogP contribution is -2.42. The number of nitrogens with zero attached hydrogens (tertiary/aromatic N) is 4. The smallest absolute Gasteiger partial charge is 0.230 e. The molecule has 1 aromatic heterocycles. The summed E-state index contributed by atoms with van der Waals surface area (Å²) in [7, 11) is 0. The van der Waals surface area contributed by atoms with Crippen molar-refractivity contribution in [2.24, 2.45) is 0 Å². The molecule has 0 radical (unpaired) electrons. The van der Waals surface area contributed by atoms with Crippen LogP contribution in [-0.4, -0.2) is 38.7 Å². The number of aromatic nitrogens is 3. The number of piperidine rings is 1. The Morgan fingerprint density at radius 3 is 2.79 bits per heavy atom. The Balaban J connectivity index is 1.75. The number of carbonyl (C=O) groups excluding carboxylic acids is 1. The van der Waals surface area contributed by atoms with Gasteiger partial charge < -0.3 is 9.47 Å². The summed E-state index contributed by atoms with van der Waals surface area (Å²) in [5.74, 6) is 1.51. The Kier molecular flexibility index (Phi) is 5.28. The van der Waals surface area contributed by atoms with Gasteiger partial charge in [-0.25, -0.2) is 0 Å². The number of rotatable bonds is 5. The van der Waals surface area contributed by atoms with E-state index in [0.717, 1.165) is 50.3 Å². The molecule has 0 bridgehead atoms. The number of amides is 1. The first kappa shape index (κ1) is 16.7.